The molecular formula is C12H14ClN3O. The molecular weight excluding hydrogens is 238 g/mol. The van der Waals surface area contributed by atoms with Gasteiger partial charge in [0.1, 0.15) is 0 Å². The van der Waals surface area contributed by atoms with Crippen molar-refractivity contribution in [1.29, 1.82) is 0 Å². The van der Waals surface area contributed by atoms with Crippen molar-refractivity contribution in [3.63, 3.8) is 0 Å². The monoisotopic (exact) mass is 251 g/mol. The van der Waals surface area contributed by atoms with E-state index < -0.39 is 0 Å². The quantitative estimate of drug-likeness (QED) is 0.907. The Hall–Kier alpha value is -1.39. The number of hydrogen-bond acceptors (Lipinski definition) is 4. The van der Waals surface area contributed by atoms with Crippen LogP contribution in [0.5, 0.6) is 0 Å². The van der Waals surface area contributed by atoms with Crippen LogP contribution < -0.4 is 5.73 Å². The topological polar surface area (TPSA) is 64.9 Å². The van der Waals surface area contributed by atoms with Gasteiger partial charge < -0.3 is 10.3 Å². The Morgan fingerprint density at radius 3 is 3.00 bits per heavy atom. The van der Waals surface area contributed by atoms with Gasteiger partial charge >= 0.3 is 0 Å². The van der Waals surface area contributed by atoms with Crippen LogP contribution in [0.25, 0.3) is 11.4 Å². The largest absolute Gasteiger partial charge is 0.339 e. The second kappa shape index (κ2) is 5.29. The van der Waals surface area contributed by atoms with Crippen LogP contribution in [0.15, 0.2) is 28.8 Å². The summed E-state index contributed by atoms with van der Waals surface area (Å²) >= 11 is 5.90. The van der Waals surface area contributed by atoms with Crippen molar-refractivity contribution >= 4 is 11.6 Å². The van der Waals surface area contributed by atoms with Crippen LogP contribution in [0.3, 0.4) is 0 Å². The highest BCUT2D eigenvalue weighted by molar-refractivity contribution is 6.30. The van der Waals surface area contributed by atoms with E-state index in [0.29, 0.717) is 23.2 Å². The Morgan fingerprint density at radius 2 is 2.29 bits per heavy atom. The maximum atomic E-state index is 5.90. The second-order valence-corrected chi connectivity index (χ2v) is 4.33. The van der Waals surface area contributed by atoms with Gasteiger partial charge in [0.15, 0.2) is 0 Å². The summed E-state index contributed by atoms with van der Waals surface area (Å²) in [6.45, 7) is 2.03. The SMILES string of the molecule is CCC(N)Cc1nc(-c2cccc(Cl)c2)no1. The minimum atomic E-state index is 0.0580. The Bertz CT molecular complexity index is 498. The Labute approximate surface area is 105 Å². The van der Waals surface area contributed by atoms with Gasteiger partial charge in [-0.1, -0.05) is 35.8 Å². The van der Waals surface area contributed by atoms with E-state index in [2.05, 4.69) is 10.1 Å². The van der Waals surface area contributed by atoms with Crippen molar-refractivity contribution in [2.45, 2.75) is 25.8 Å². The van der Waals surface area contributed by atoms with E-state index in [0.717, 1.165) is 12.0 Å². The number of halogens is 1. The van der Waals surface area contributed by atoms with Crippen molar-refractivity contribution in [3.05, 3.63) is 35.2 Å². The molecule has 1 heterocycles. The molecule has 17 heavy (non-hydrogen) atoms. The molecule has 0 aliphatic carbocycles. The van der Waals surface area contributed by atoms with Crippen LogP contribution in [0, 0.1) is 0 Å². The molecule has 0 aliphatic heterocycles. The standard InChI is InChI=1S/C12H14ClN3O/c1-2-10(14)7-11-15-12(16-17-11)8-4-3-5-9(13)6-8/h3-6,10H,2,7,14H2,1H3. The highest BCUT2D eigenvalue weighted by atomic mass is 35.5. The summed E-state index contributed by atoms with van der Waals surface area (Å²) in [4.78, 5) is 4.29. The smallest absolute Gasteiger partial charge is 0.228 e. The Morgan fingerprint density at radius 1 is 1.47 bits per heavy atom. The first-order chi connectivity index (χ1) is 8.19. The van der Waals surface area contributed by atoms with Gasteiger partial charge in [0.25, 0.3) is 0 Å². The molecule has 2 aromatic rings. The highest BCUT2D eigenvalue weighted by Gasteiger charge is 2.11. The molecule has 0 aliphatic rings. The highest BCUT2D eigenvalue weighted by Crippen LogP contribution is 2.20. The first-order valence-electron chi connectivity index (χ1n) is 5.53. The van der Waals surface area contributed by atoms with Gasteiger partial charge in [-0.25, -0.2) is 0 Å². The third-order valence-electron chi connectivity index (χ3n) is 2.51. The number of hydrogen-bond donors (Lipinski definition) is 1. The molecule has 4 nitrogen and oxygen atoms in total. The van der Waals surface area contributed by atoms with Crippen LogP contribution in [0.2, 0.25) is 5.02 Å². The van der Waals surface area contributed by atoms with Gasteiger partial charge in [-0.2, -0.15) is 4.98 Å². The number of aromatic nitrogens is 2. The first kappa shape index (κ1) is 12.1. The van der Waals surface area contributed by atoms with E-state index in [1.54, 1.807) is 12.1 Å². The molecule has 0 fully saturated rings. The molecule has 0 saturated carbocycles. The molecule has 5 heteroatoms. The molecule has 0 saturated heterocycles. The number of nitrogens with two attached hydrogens (primary N) is 1. The summed E-state index contributed by atoms with van der Waals surface area (Å²) < 4.78 is 5.15. The molecule has 1 aromatic carbocycles. The van der Waals surface area contributed by atoms with Crippen LogP contribution in [0.1, 0.15) is 19.2 Å². The molecule has 2 rings (SSSR count). The molecule has 90 valence electrons. The van der Waals surface area contributed by atoms with Crippen molar-refractivity contribution in [3.8, 4) is 11.4 Å². The van der Waals surface area contributed by atoms with E-state index in [9.17, 15) is 0 Å². The van der Waals surface area contributed by atoms with Gasteiger partial charge in [-0.05, 0) is 18.6 Å². The molecule has 0 spiro atoms. The van der Waals surface area contributed by atoms with Crippen LogP contribution in [-0.4, -0.2) is 16.2 Å². The number of nitrogens with zero attached hydrogens (tertiary/aromatic N) is 2. The predicted octanol–water partition coefficient (Wildman–Crippen LogP) is 2.67. The average Bonchev–Trinajstić information content (AvgIpc) is 2.77. The Balaban J connectivity index is 2.18. The van der Waals surface area contributed by atoms with Gasteiger partial charge in [-0.15, -0.1) is 0 Å². The first-order valence-corrected chi connectivity index (χ1v) is 5.91. The molecule has 0 bridgehead atoms. The van der Waals surface area contributed by atoms with E-state index in [4.69, 9.17) is 21.9 Å². The minimum absolute atomic E-state index is 0.0580. The lowest BCUT2D eigenvalue weighted by Crippen LogP contribution is -2.21. The van der Waals surface area contributed by atoms with Crippen molar-refractivity contribution < 1.29 is 4.52 Å². The minimum Gasteiger partial charge on any atom is -0.339 e. The summed E-state index contributed by atoms with van der Waals surface area (Å²) in [5.41, 5.74) is 6.67. The summed E-state index contributed by atoms with van der Waals surface area (Å²) in [6, 6.07) is 7.41. The molecule has 1 aromatic heterocycles. The summed E-state index contributed by atoms with van der Waals surface area (Å²) in [6.07, 6.45) is 1.49. The molecule has 0 amide bonds. The lowest BCUT2D eigenvalue weighted by Gasteiger charge is -2.02. The fourth-order valence-electron chi connectivity index (χ4n) is 1.45. The zero-order chi connectivity index (χ0) is 12.3. The zero-order valence-corrected chi connectivity index (χ0v) is 10.3. The molecule has 1 atom stereocenters. The maximum absolute atomic E-state index is 5.90. The molecule has 2 N–H and O–H groups in total. The fraction of sp³-hybridized carbons (Fsp3) is 0.333. The number of rotatable bonds is 4. The zero-order valence-electron chi connectivity index (χ0n) is 9.56. The molecule has 0 radical (unpaired) electrons. The summed E-state index contributed by atoms with van der Waals surface area (Å²) in [7, 11) is 0. The van der Waals surface area contributed by atoms with Crippen molar-refractivity contribution in [2.75, 3.05) is 0 Å². The van der Waals surface area contributed by atoms with E-state index in [-0.39, 0.29) is 6.04 Å². The lowest BCUT2D eigenvalue weighted by atomic mass is 10.2. The summed E-state index contributed by atoms with van der Waals surface area (Å²) in [5.74, 6) is 1.11. The van der Waals surface area contributed by atoms with Crippen molar-refractivity contribution in [2.24, 2.45) is 5.73 Å². The fourth-order valence-corrected chi connectivity index (χ4v) is 1.64. The average molecular weight is 252 g/mol. The van der Waals surface area contributed by atoms with E-state index in [1.807, 2.05) is 19.1 Å². The van der Waals surface area contributed by atoms with Gasteiger partial charge in [0, 0.05) is 23.0 Å². The van der Waals surface area contributed by atoms with Crippen LogP contribution in [-0.2, 0) is 6.42 Å². The number of benzene rings is 1. The second-order valence-electron chi connectivity index (χ2n) is 3.89. The maximum Gasteiger partial charge on any atom is 0.228 e. The van der Waals surface area contributed by atoms with Gasteiger partial charge in [0.05, 0.1) is 0 Å². The summed E-state index contributed by atoms with van der Waals surface area (Å²) in [5, 5.41) is 4.57. The lowest BCUT2D eigenvalue weighted by molar-refractivity contribution is 0.368. The van der Waals surface area contributed by atoms with Crippen LogP contribution >= 0.6 is 11.6 Å². The third-order valence-corrected chi connectivity index (χ3v) is 2.75. The van der Waals surface area contributed by atoms with Crippen LogP contribution in [0.4, 0.5) is 0 Å². The third kappa shape index (κ3) is 3.05. The molecule has 1 unspecified atom stereocenters. The predicted molar refractivity (Wildman–Crippen MR) is 66.7 cm³/mol. The van der Waals surface area contributed by atoms with Gasteiger partial charge in [0.2, 0.25) is 11.7 Å². The van der Waals surface area contributed by atoms with E-state index >= 15 is 0 Å². The van der Waals surface area contributed by atoms with Crippen molar-refractivity contribution in [1.82, 2.24) is 10.1 Å². The van der Waals surface area contributed by atoms with E-state index in [1.165, 1.54) is 0 Å². The Kier molecular flexibility index (Phi) is 3.76. The normalized spacial score (nSPS) is 12.6. The van der Waals surface area contributed by atoms with Gasteiger partial charge in [-0.3, -0.25) is 0 Å².